The van der Waals surface area contributed by atoms with Gasteiger partial charge < -0.3 is 14.3 Å². The third-order valence-electron chi connectivity index (χ3n) is 27.1. The fourth-order valence-electron chi connectivity index (χ4n) is 21.1. The molecule has 8 aromatic heterocycles. The first kappa shape index (κ1) is 81.6. The number of fused-ring (bicyclic) bond motifs is 18. The Morgan fingerprint density at radius 2 is 0.748 bits per heavy atom. The van der Waals surface area contributed by atoms with E-state index in [1.54, 1.807) is 12.4 Å². The number of H-pyrrole nitrogens is 1. The van der Waals surface area contributed by atoms with Gasteiger partial charge in [-0.3, -0.25) is 9.13 Å². The van der Waals surface area contributed by atoms with Crippen molar-refractivity contribution in [3.8, 4) is 78.4 Å². The summed E-state index contributed by atoms with van der Waals surface area (Å²) in [7, 11) is 1.73. The number of hydrogen-bond acceptors (Lipinski definition) is 5. The van der Waals surface area contributed by atoms with E-state index in [1.165, 1.54) is 226 Å². The van der Waals surface area contributed by atoms with Crippen LogP contribution in [0.15, 0.2) is 399 Å². The van der Waals surface area contributed by atoms with Gasteiger partial charge in [-0.05, 0) is 250 Å². The highest BCUT2D eigenvalue weighted by Crippen LogP contribution is 2.56. The third-order valence-corrected chi connectivity index (χ3v) is 33.5. The number of nitrogens with zero attached hydrogens (tertiary/aromatic N) is 5. The lowest BCUT2D eigenvalue weighted by Gasteiger charge is -2.39. The number of pyridine rings is 2. The topological polar surface area (TPSA) is 65.6 Å². The van der Waals surface area contributed by atoms with Gasteiger partial charge in [0.15, 0.2) is 0 Å². The first-order valence-corrected chi connectivity index (χ1v) is 49.8. The van der Waals surface area contributed by atoms with E-state index in [4.69, 9.17) is 9.72 Å². The van der Waals surface area contributed by atoms with Crippen molar-refractivity contribution < 1.29 is 4.74 Å². The van der Waals surface area contributed by atoms with Gasteiger partial charge in [-0.25, -0.2) is 9.97 Å². The summed E-state index contributed by atoms with van der Waals surface area (Å²) in [5.41, 5.74) is 28.1. The minimum Gasteiger partial charge on any atom is -0.496 e. The number of aromatic nitrogens is 6. The number of thiophene rings is 2. The van der Waals surface area contributed by atoms with Crippen molar-refractivity contribution in [3.05, 3.63) is 405 Å². The Balaban J connectivity index is 0.000000105. The van der Waals surface area contributed by atoms with Gasteiger partial charge in [-0.15, -0.1) is 22.7 Å². The predicted octanol–water partition coefficient (Wildman–Crippen LogP) is 34.4. The van der Waals surface area contributed by atoms with Crippen molar-refractivity contribution in [2.75, 3.05) is 7.11 Å². The average Bonchev–Trinajstić information content (AvgIpc) is 1.60. The molecule has 0 unspecified atom stereocenters. The summed E-state index contributed by atoms with van der Waals surface area (Å²) in [6.07, 6.45) is 18.3. The number of methoxy groups -OCH3 is 1. The molecular weight excluding hydrogens is 1720 g/mol. The van der Waals surface area contributed by atoms with Crippen molar-refractivity contribution in [1.29, 1.82) is 0 Å². The van der Waals surface area contributed by atoms with Gasteiger partial charge in [0.25, 0.3) is 0 Å². The highest BCUT2D eigenvalue weighted by molar-refractivity contribution is 9.10. The molecule has 24 aromatic rings. The number of nitrogens with one attached hydrogen (secondary N) is 1. The molecule has 1 N–H and O–H groups in total. The van der Waals surface area contributed by atoms with E-state index in [1.807, 2.05) is 47.2 Å². The molecule has 0 atom stereocenters. The first-order valence-electron chi connectivity index (χ1n) is 45.9. The van der Waals surface area contributed by atoms with E-state index >= 15 is 0 Å². The summed E-state index contributed by atoms with van der Waals surface area (Å²) in [6.45, 7) is 2.20. The Kier molecular flexibility index (Phi) is 22.2. The van der Waals surface area contributed by atoms with E-state index in [0.717, 1.165) is 66.3 Å². The van der Waals surface area contributed by atoms with Crippen molar-refractivity contribution in [2.24, 2.45) is 0 Å². The fraction of sp³-hybridized carbons (Fsp3) is 0.117. The van der Waals surface area contributed by atoms with Crippen LogP contribution in [0.25, 0.3) is 201 Å². The lowest BCUT2D eigenvalue weighted by molar-refractivity contribution is 0.416. The standard InChI is InChI=1S/C47H29N3S.C26H35OP.C24H15BrS.C23H15N3/c1-5-22-43-36(15-1)40-20-10-26-48-47(40)50(43)34-24-25-44-41(29-34)37-16-2-4-21-42(37)49(44)33-14-8-12-31(28-33)30-11-7-13-32(27-30)35-18-9-19-39-38-17-3-6-23-45(38)51-46(35)39;1-20-11-9-18-25(27-2)26(20)21-12-10-17-24(19-21)28(22-13-5-3-6-14-22)23-15-7-4-8-16-23;25-19-9-4-7-17(15-19)16-6-3-8-18(14-16)20-11-5-12-22-21-10-1-2-13-23(21)26-24(20)22;1-3-9-20-16(6-1)19-14-15(11-12-21(19)25-20)26-22-10-4-2-7-17(22)18-8-5-13-24-23(18)26/h1-29H;9-12,17-19,22-23H,3-8,13-16H2,1-2H3;1-15H;1-14,25H. The zero-order chi connectivity index (χ0) is 87.4. The fourth-order valence-corrected chi connectivity index (χ4v) is 27.8. The number of aryl methyl sites for hydroxylation is 1. The molecule has 26 rings (SSSR count). The predicted molar refractivity (Wildman–Crippen MR) is 566 cm³/mol. The highest BCUT2D eigenvalue weighted by atomic mass is 79.9. The Morgan fingerprint density at radius 3 is 1.34 bits per heavy atom. The summed E-state index contributed by atoms with van der Waals surface area (Å²) < 4.78 is 19.2. The number of rotatable bonds is 12. The second-order valence-corrected chi connectivity index (χ2v) is 40.7. The Bertz CT molecular complexity index is 8340. The average molecular weight is 1810 g/mol. The summed E-state index contributed by atoms with van der Waals surface area (Å²) >= 11 is 7.34. The zero-order valence-corrected chi connectivity index (χ0v) is 77.2. The highest BCUT2D eigenvalue weighted by Gasteiger charge is 2.33. The van der Waals surface area contributed by atoms with Gasteiger partial charge in [-0.2, -0.15) is 0 Å². The van der Waals surface area contributed by atoms with Crippen LogP contribution < -0.4 is 10.0 Å². The van der Waals surface area contributed by atoms with Crippen molar-refractivity contribution >= 4 is 180 Å². The SMILES string of the molecule is Brc1cccc(-c2cccc(-c3cccc4c3sc3ccccc34)c2)c1.COc1cccc(C)c1-c1cccc(P(C2CCCCC2)C2CCCCC2)c1.c1cc(-c2cccc(-n3c4ccccc4c4cc(-n5c6ccccc6c6cccnc65)ccc43)c2)cc(-c2cccc3c2sc2ccccc23)c1.c1ccc2c(c1)[nH]c1ccc(-n3c4ccccc4c4cccnc43)cc12. The summed E-state index contributed by atoms with van der Waals surface area (Å²) in [5.74, 6) is 0.997. The molecule has 0 aliphatic heterocycles. The van der Waals surface area contributed by atoms with Gasteiger partial charge in [0, 0.05) is 134 Å². The second-order valence-electron chi connectivity index (χ2n) is 34.9. The van der Waals surface area contributed by atoms with E-state index < -0.39 is 0 Å². The molecule has 2 aliphatic carbocycles. The molecular formula is C120H94BrN6OPS2. The maximum atomic E-state index is 5.72. The van der Waals surface area contributed by atoms with Gasteiger partial charge in [-0.1, -0.05) is 299 Å². The normalized spacial score (nSPS) is 13.3. The molecule has 8 heterocycles. The Morgan fingerprint density at radius 1 is 0.321 bits per heavy atom. The quantitative estimate of drug-likeness (QED) is 0.124. The van der Waals surface area contributed by atoms with Gasteiger partial charge >= 0.3 is 0 Å². The minimum absolute atomic E-state index is 0.0630. The third kappa shape index (κ3) is 15.3. The van der Waals surface area contributed by atoms with E-state index in [2.05, 4.69) is 417 Å². The van der Waals surface area contributed by atoms with Crippen LogP contribution in [0, 0.1) is 6.92 Å². The van der Waals surface area contributed by atoms with Crippen LogP contribution in [0.5, 0.6) is 5.75 Å². The number of hydrogen-bond donors (Lipinski definition) is 1. The van der Waals surface area contributed by atoms with E-state index in [-0.39, 0.29) is 7.92 Å². The van der Waals surface area contributed by atoms with Crippen LogP contribution >= 0.6 is 46.5 Å². The van der Waals surface area contributed by atoms with Crippen LogP contribution in [0.3, 0.4) is 0 Å². The maximum absolute atomic E-state index is 5.72. The molecule has 0 saturated heterocycles. The number of benzene rings is 16. The second kappa shape index (κ2) is 35.6. The van der Waals surface area contributed by atoms with Crippen molar-refractivity contribution in [3.63, 3.8) is 0 Å². The Hall–Kier alpha value is -13.8. The lowest BCUT2D eigenvalue weighted by atomic mass is 9.97. The molecule has 0 amide bonds. The van der Waals surface area contributed by atoms with Gasteiger partial charge in [0.2, 0.25) is 0 Å². The number of halogens is 1. The molecule has 2 aliphatic rings. The van der Waals surface area contributed by atoms with Crippen molar-refractivity contribution in [2.45, 2.75) is 82.4 Å². The molecule has 11 heteroatoms. The van der Waals surface area contributed by atoms with Crippen molar-refractivity contribution in [1.82, 2.24) is 28.7 Å². The van der Waals surface area contributed by atoms with Crippen LogP contribution in [-0.2, 0) is 0 Å². The molecule has 131 heavy (non-hydrogen) atoms. The monoisotopic (exact) mass is 1810 g/mol. The molecule has 2 fully saturated rings. The molecule has 16 aromatic carbocycles. The molecule has 7 nitrogen and oxygen atoms in total. The minimum atomic E-state index is -0.0630. The molecule has 0 bridgehead atoms. The van der Waals surface area contributed by atoms with Crippen LogP contribution in [0.2, 0.25) is 0 Å². The van der Waals surface area contributed by atoms with E-state index in [0.29, 0.717) is 0 Å². The number of aromatic amines is 1. The van der Waals surface area contributed by atoms with E-state index in [9.17, 15) is 0 Å². The van der Waals surface area contributed by atoms with Gasteiger partial charge in [0.1, 0.15) is 17.0 Å². The number of ether oxygens (including phenoxy) is 1. The Labute approximate surface area is 779 Å². The zero-order valence-electron chi connectivity index (χ0n) is 73.0. The van der Waals surface area contributed by atoms with Gasteiger partial charge in [0.05, 0.1) is 29.2 Å². The largest absolute Gasteiger partial charge is 0.496 e. The summed E-state index contributed by atoms with van der Waals surface area (Å²) in [5, 5.41) is 16.7. The first-order chi connectivity index (χ1) is 64.8. The molecule has 2 saturated carbocycles. The van der Waals surface area contributed by atoms with Crippen LogP contribution in [0.1, 0.15) is 69.8 Å². The van der Waals surface area contributed by atoms with Crippen LogP contribution in [0.4, 0.5) is 0 Å². The number of para-hydroxylation sites is 4. The molecule has 0 radical (unpaired) electrons. The molecule has 0 spiro atoms. The summed E-state index contributed by atoms with van der Waals surface area (Å²) in [6, 6.07) is 138. The molecule has 634 valence electrons. The maximum Gasteiger partial charge on any atom is 0.145 e. The van der Waals surface area contributed by atoms with Crippen LogP contribution in [-0.4, -0.2) is 47.1 Å². The summed E-state index contributed by atoms with van der Waals surface area (Å²) in [4.78, 5) is 13.0. The lowest BCUT2D eigenvalue weighted by Crippen LogP contribution is -2.26. The smallest absolute Gasteiger partial charge is 0.145 e.